The number of hydrogen-bond acceptors (Lipinski definition) is 3. The van der Waals surface area contributed by atoms with Crippen LogP contribution in [0.4, 0.5) is 4.39 Å². The van der Waals surface area contributed by atoms with Crippen molar-refractivity contribution in [1.29, 1.82) is 0 Å². The number of guanidine groups is 1. The zero-order valence-electron chi connectivity index (χ0n) is 15.2. The Morgan fingerprint density at radius 3 is 2.92 bits per heavy atom. The Balaban J connectivity index is 0.00000312. The largest absolute Gasteiger partial charge is 0.377 e. The fourth-order valence-corrected chi connectivity index (χ4v) is 2.59. The summed E-state index contributed by atoms with van der Waals surface area (Å²) in [5.41, 5.74) is 1.53. The molecule has 0 radical (unpaired) electrons. The number of aryl methyl sites for hydroxylation is 1. The van der Waals surface area contributed by atoms with E-state index in [4.69, 9.17) is 9.47 Å². The number of ether oxygens (including phenoxy) is 2. The smallest absolute Gasteiger partial charge is 0.191 e. The Kier molecular flexibility index (Phi) is 10.3. The summed E-state index contributed by atoms with van der Waals surface area (Å²) in [6.45, 7) is 6.47. The standard InChI is InChI=1S/C18H28FN3O2.HI/c1-13-6-7-15(11-17(13)19)14(2)22-18(20-3)21-8-10-23-12-16-5-4-9-24-16;/h6-7,11,14,16H,4-5,8-10,12H2,1-3H3,(H2,20,21,22);1H. The molecule has 2 rings (SSSR count). The van der Waals surface area contributed by atoms with Gasteiger partial charge in [0.25, 0.3) is 0 Å². The van der Waals surface area contributed by atoms with Crippen LogP contribution in [0.2, 0.25) is 0 Å². The fraction of sp³-hybridized carbons (Fsp3) is 0.611. The van der Waals surface area contributed by atoms with Crippen molar-refractivity contribution in [3.8, 4) is 0 Å². The highest BCUT2D eigenvalue weighted by Crippen LogP contribution is 2.16. The predicted octanol–water partition coefficient (Wildman–Crippen LogP) is 3.17. The molecule has 0 amide bonds. The SMILES string of the molecule is CN=C(NCCOCC1CCCO1)NC(C)c1ccc(C)c(F)c1.I. The minimum atomic E-state index is -0.188. The zero-order valence-corrected chi connectivity index (χ0v) is 17.5. The number of rotatable bonds is 7. The molecule has 5 nitrogen and oxygen atoms in total. The van der Waals surface area contributed by atoms with Gasteiger partial charge in [-0.05, 0) is 43.9 Å². The maximum atomic E-state index is 13.7. The van der Waals surface area contributed by atoms with Crippen LogP contribution in [-0.2, 0) is 9.47 Å². The lowest BCUT2D eigenvalue weighted by Crippen LogP contribution is -2.40. The van der Waals surface area contributed by atoms with Gasteiger partial charge in [0.1, 0.15) is 5.82 Å². The molecule has 2 atom stereocenters. The van der Waals surface area contributed by atoms with Crippen LogP contribution in [0.5, 0.6) is 0 Å². The maximum Gasteiger partial charge on any atom is 0.191 e. The van der Waals surface area contributed by atoms with Crippen LogP contribution in [0, 0.1) is 12.7 Å². The molecule has 7 heteroatoms. The van der Waals surface area contributed by atoms with Crippen molar-refractivity contribution in [2.24, 2.45) is 4.99 Å². The molecular weight excluding hydrogens is 436 g/mol. The van der Waals surface area contributed by atoms with Crippen LogP contribution in [-0.4, -0.2) is 45.5 Å². The monoisotopic (exact) mass is 465 g/mol. The second-order valence-corrected chi connectivity index (χ2v) is 6.08. The van der Waals surface area contributed by atoms with Crippen LogP contribution in [0.15, 0.2) is 23.2 Å². The van der Waals surface area contributed by atoms with Gasteiger partial charge in [-0.15, -0.1) is 24.0 Å². The first kappa shape index (κ1) is 22.1. The van der Waals surface area contributed by atoms with Crippen molar-refractivity contribution in [2.45, 2.75) is 38.8 Å². The van der Waals surface area contributed by atoms with E-state index in [2.05, 4.69) is 15.6 Å². The molecule has 25 heavy (non-hydrogen) atoms. The predicted molar refractivity (Wildman–Crippen MR) is 109 cm³/mol. The molecule has 1 fully saturated rings. The van der Waals surface area contributed by atoms with E-state index >= 15 is 0 Å². The van der Waals surface area contributed by atoms with Crippen molar-refractivity contribution in [2.75, 3.05) is 33.4 Å². The average Bonchev–Trinajstić information content (AvgIpc) is 3.09. The molecular formula is C18H29FIN3O2. The summed E-state index contributed by atoms with van der Waals surface area (Å²) in [6.07, 6.45) is 2.46. The fourth-order valence-electron chi connectivity index (χ4n) is 2.59. The molecule has 0 aliphatic carbocycles. The van der Waals surface area contributed by atoms with Crippen molar-refractivity contribution in [3.05, 3.63) is 35.1 Å². The van der Waals surface area contributed by atoms with Crippen molar-refractivity contribution >= 4 is 29.9 Å². The van der Waals surface area contributed by atoms with Crippen LogP contribution < -0.4 is 10.6 Å². The van der Waals surface area contributed by atoms with Crippen LogP contribution in [0.3, 0.4) is 0 Å². The van der Waals surface area contributed by atoms with Crippen LogP contribution >= 0.6 is 24.0 Å². The van der Waals surface area contributed by atoms with E-state index in [-0.39, 0.29) is 41.9 Å². The molecule has 1 aromatic rings. The molecule has 0 saturated carbocycles. The van der Waals surface area contributed by atoms with Gasteiger partial charge in [-0.1, -0.05) is 12.1 Å². The topological polar surface area (TPSA) is 54.9 Å². The van der Waals surface area contributed by atoms with Crippen molar-refractivity contribution in [3.63, 3.8) is 0 Å². The second kappa shape index (κ2) is 11.6. The minimum absolute atomic E-state index is 0. The number of hydrogen-bond donors (Lipinski definition) is 2. The summed E-state index contributed by atoms with van der Waals surface area (Å²) in [5.74, 6) is 0.482. The van der Waals surface area contributed by atoms with E-state index in [1.165, 1.54) is 0 Å². The molecule has 0 bridgehead atoms. The van der Waals surface area contributed by atoms with E-state index in [0.717, 1.165) is 25.0 Å². The first-order chi connectivity index (χ1) is 11.6. The van der Waals surface area contributed by atoms with E-state index in [0.29, 0.717) is 31.3 Å². The molecule has 0 aromatic heterocycles. The minimum Gasteiger partial charge on any atom is -0.377 e. The van der Waals surface area contributed by atoms with Gasteiger partial charge in [-0.3, -0.25) is 4.99 Å². The number of halogens is 2. The van der Waals surface area contributed by atoms with Crippen LogP contribution in [0.25, 0.3) is 0 Å². The lowest BCUT2D eigenvalue weighted by molar-refractivity contribution is 0.0191. The van der Waals surface area contributed by atoms with Gasteiger partial charge in [0.15, 0.2) is 5.96 Å². The van der Waals surface area contributed by atoms with Gasteiger partial charge in [0.05, 0.1) is 25.4 Å². The first-order valence-corrected chi connectivity index (χ1v) is 8.52. The van der Waals surface area contributed by atoms with Gasteiger partial charge in [-0.25, -0.2) is 4.39 Å². The highest BCUT2D eigenvalue weighted by atomic mass is 127. The number of aliphatic imine (C=N–C) groups is 1. The van der Waals surface area contributed by atoms with E-state index in [1.807, 2.05) is 13.0 Å². The quantitative estimate of drug-likeness (QED) is 0.281. The lowest BCUT2D eigenvalue weighted by atomic mass is 10.1. The van der Waals surface area contributed by atoms with E-state index < -0.39 is 0 Å². The molecule has 2 N–H and O–H groups in total. The first-order valence-electron chi connectivity index (χ1n) is 8.52. The van der Waals surface area contributed by atoms with E-state index in [9.17, 15) is 4.39 Å². The lowest BCUT2D eigenvalue weighted by Gasteiger charge is -2.19. The number of nitrogens with zero attached hydrogens (tertiary/aromatic N) is 1. The Labute approximate surface area is 166 Å². The molecule has 1 aliphatic rings. The number of benzene rings is 1. The maximum absolute atomic E-state index is 13.7. The normalized spacial score (nSPS) is 18.6. The molecule has 1 aromatic carbocycles. The second-order valence-electron chi connectivity index (χ2n) is 6.08. The third-order valence-corrected chi connectivity index (χ3v) is 4.14. The van der Waals surface area contributed by atoms with Gasteiger partial charge in [0, 0.05) is 20.2 Å². The van der Waals surface area contributed by atoms with Gasteiger partial charge in [-0.2, -0.15) is 0 Å². The van der Waals surface area contributed by atoms with E-state index in [1.54, 1.807) is 26.1 Å². The summed E-state index contributed by atoms with van der Waals surface area (Å²) in [6, 6.07) is 5.23. The molecule has 2 unspecified atom stereocenters. The Morgan fingerprint density at radius 2 is 2.28 bits per heavy atom. The summed E-state index contributed by atoms with van der Waals surface area (Å²) >= 11 is 0. The molecule has 0 spiro atoms. The molecule has 1 aliphatic heterocycles. The Morgan fingerprint density at radius 1 is 1.48 bits per heavy atom. The van der Waals surface area contributed by atoms with Gasteiger partial charge >= 0.3 is 0 Å². The number of nitrogens with one attached hydrogen (secondary N) is 2. The van der Waals surface area contributed by atoms with Crippen LogP contribution in [0.1, 0.15) is 36.9 Å². The highest BCUT2D eigenvalue weighted by molar-refractivity contribution is 14.0. The molecule has 142 valence electrons. The van der Waals surface area contributed by atoms with Crippen molar-refractivity contribution < 1.29 is 13.9 Å². The van der Waals surface area contributed by atoms with Gasteiger partial charge in [0.2, 0.25) is 0 Å². The third kappa shape index (κ3) is 7.45. The van der Waals surface area contributed by atoms with Gasteiger partial charge < -0.3 is 20.1 Å². The Bertz CT molecular complexity index is 551. The van der Waals surface area contributed by atoms with Crippen molar-refractivity contribution in [1.82, 2.24) is 10.6 Å². The highest BCUT2D eigenvalue weighted by Gasteiger charge is 2.15. The average molecular weight is 465 g/mol. The summed E-state index contributed by atoms with van der Waals surface area (Å²) in [5, 5.41) is 6.45. The summed E-state index contributed by atoms with van der Waals surface area (Å²) < 4.78 is 24.8. The zero-order chi connectivity index (χ0) is 17.4. The summed E-state index contributed by atoms with van der Waals surface area (Å²) in [7, 11) is 1.71. The molecule has 1 heterocycles. The molecule has 1 saturated heterocycles. The Hall–Kier alpha value is -0.930. The summed E-state index contributed by atoms with van der Waals surface area (Å²) in [4.78, 5) is 4.19. The third-order valence-electron chi connectivity index (χ3n) is 4.14.